The summed E-state index contributed by atoms with van der Waals surface area (Å²) in [5.41, 5.74) is 3.69. The van der Waals surface area contributed by atoms with Crippen molar-refractivity contribution in [1.29, 1.82) is 0 Å². The number of likely N-dealkylation sites (N-methyl/N-ethyl adjacent to an activating group) is 1. The number of para-hydroxylation sites is 1. The van der Waals surface area contributed by atoms with Crippen LogP contribution in [0.3, 0.4) is 0 Å². The molecular formula is C24H21ClN2O. The molecule has 0 unspecified atom stereocenters. The zero-order chi connectivity index (χ0) is 19.3. The van der Waals surface area contributed by atoms with Crippen LogP contribution in [-0.2, 0) is 10.2 Å². The Hall–Kier alpha value is -2.62. The molecule has 3 nitrogen and oxygen atoms in total. The molecule has 0 saturated carbocycles. The highest BCUT2D eigenvalue weighted by Gasteiger charge is 2.59. The summed E-state index contributed by atoms with van der Waals surface area (Å²) in [6.45, 7) is 0. The number of amides is 1. The summed E-state index contributed by atoms with van der Waals surface area (Å²) in [6.07, 6.45) is 0.717. The predicted molar refractivity (Wildman–Crippen MR) is 113 cm³/mol. The largest absolute Gasteiger partial charge is 0.314 e. The van der Waals surface area contributed by atoms with Crippen LogP contribution in [0, 0.1) is 0 Å². The van der Waals surface area contributed by atoms with Gasteiger partial charge in [-0.15, -0.1) is 0 Å². The van der Waals surface area contributed by atoms with Crippen molar-refractivity contribution in [2.24, 2.45) is 0 Å². The van der Waals surface area contributed by atoms with E-state index in [0.29, 0.717) is 11.4 Å². The number of nitrogens with one attached hydrogen (secondary N) is 1. The number of nitrogens with zero attached hydrogens (tertiary/aromatic N) is 1. The molecule has 0 bridgehead atoms. The monoisotopic (exact) mass is 388 g/mol. The van der Waals surface area contributed by atoms with E-state index in [1.54, 1.807) is 0 Å². The van der Waals surface area contributed by atoms with Gasteiger partial charge in [0.15, 0.2) is 0 Å². The second-order valence-corrected chi connectivity index (χ2v) is 8.11. The first kappa shape index (κ1) is 17.5. The van der Waals surface area contributed by atoms with Crippen LogP contribution in [0.4, 0.5) is 5.69 Å². The van der Waals surface area contributed by atoms with Gasteiger partial charge in [-0.05, 0) is 41.3 Å². The quantitative estimate of drug-likeness (QED) is 0.667. The molecule has 140 valence electrons. The van der Waals surface area contributed by atoms with E-state index >= 15 is 0 Å². The van der Waals surface area contributed by atoms with E-state index in [-0.39, 0.29) is 18.0 Å². The van der Waals surface area contributed by atoms with Crippen molar-refractivity contribution in [2.45, 2.75) is 23.9 Å². The maximum atomic E-state index is 13.7. The first-order valence-electron chi connectivity index (χ1n) is 9.55. The minimum atomic E-state index is -0.642. The topological polar surface area (TPSA) is 32.3 Å². The summed E-state index contributed by atoms with van der Waals surface area (Å²) in [5.74, 6) is 0.143. The average molecular weight is 389 g/mol. The molecule has 28 heavy (non-hydrogen) atoms. The summed E-state index contributed by atoms with van der Waals surface area (Å²) in [7, 11) is 1.88. The number of hydrogen-bond donors (Lipinski definition) is 1. The Morgan fingerprint density at radius 1 is 0.964 bits per heavy atom. The molecule has 0 aromatic heterocycles. The smallest absolute Gasteiger partial charge is 0.239 e. The number of carbonyl (C=O) groups excluding carboxylic acids is 1. The number of carbonyl (C=O) groups is 1. The molecule has 2 aliphatic rings. The standard InChI is InChI=1S/C24H21ClN2O/c1-27-21-13-6-5-12-19(21)24(23(27)28)15-20(16-8-3-2-4-9-16)26-22(24)17-10-7-11-18(25)14-17/h2-14,20,22,26H,15H2,1H3/t20-,22-,24+/m0/s1. The molecule has 1 saturated heterocycles. The van der Waals surface area contributed by atoms with E-state index < -0.39 is 5.41 Å². The zero-order valence-electron chi connectivity index (χ0n) is 15.6. The molecule has 1 spiro atoms. The summed E-state index contributed by atoms with van der Waals surface area (Å²) in [4.78, 5) is 15.5. The Balaban J connectivity index is 1.70. The van der Waals surface area contributed by atoms with Gasteiger partial charge >= 0.3 is 0 Å². The molecule has 1 amide bonds. The number of hydrogen-bond acceptors (Lipinski definition) is 2. The maximum absolute atomic E-state index is 13.7. The Bertz CT molecular complexity index is 1050. The van der Waals surface area contributed by atoms with Crippen LogP contribution >= 0.6 is 11.6 Å². The lowest BCUT2D eigenvalue weighted by Crippen LogP contribution is -2.42. The van der Waals surface area contributed by atoms with Crippen molar-refractivity contribution in [2.75, 3.05) is 11.9 Å². The van der Waals surface area contributed by atoms with Crippen molar-refractivity contribution in [3.05, 3.63) is 101 Å². The predicted octanol–water partition coefficient (Wildman–Crippen LogP) is 5.03. The Labute approximate surface area is 169 Å². The third-order valence-corrected chi connectivity index (χ3v) is 6.44. The minimum absolute atomic E-state index is 0.0914. The third kappa shape index (κ3) is 2.43. The molecule has 1 fully saturated rings. The lowest BCUT2D eigenvalue weighted by atomic mass is 9.72. The minimum Gasteiger partial charge on any atom is -0.314 e. The van der Waals surface area contributed by atoms with Gasteiger partial charge in [0.05, 0.1) is 11.5 Å². The lowest BCUT2D eigenvalue weighted by Gasteiger charge is -2.30. The van der Waals surface area contributed by atoms with E-state index in [4.69, 9.17) is 11.6 Å². The van der Waals surface area contributed by atoms with Crippen molar-refractivity contribution in [1.82, 2.24) is 5.32 Å². The average Bonchev–Trinajstić information content (AvgIpc) is 3.23. The van der Waals surface area contributed by atoms with Gasteiger partial charge in [-0.25, -0.2) is 0 Å². The summed E-state index contributed by atoms with van der Waals surface area (Å²) in [5, 5.41) is 4.45. The summed E-state index contributed by atoms with van der Waals surface area (Å²) < 4.78 is 0. The van der Waals surface area contributed by atoms with Gasteiger partial charge in [0.2, 0.25) is 5.91 Å². The molecule has 5 rings (SSSR count). The molecule has 1 N–H and O–H groups in total. The number of halogens is 1. The van der Waals surface area contributed by atoms with Crippen LogP contribution < -0.4 is 10.2 Å². The number of rotatable bonds is 2. The SMILES string of the molecule is CN1C(=O)[C@]2(C[C@@H](c3ccccc3)N[C@H]2c2cccc(Cl)c2)c2ccccc21. The molecule has 0 aliphatic carbocycles. The van der Waals surface area contributed by atoms with Gasteiger partial charge in [0.25, 0.3) is 0 Å². The molecule has 2 heterocycles. The fraction of sp³-hybridized carbons (Fsp3) is 0.208. The van der Waals surface area contributed by atoms with E-state index in [2.05, 4.69) is 29.6 Å². The Kier molecular flexibility index (Phi) is 4.04. The van der Waals surface area contributed by atoms with Crippen LogP contribution in [0.1, 0.15) is 35.2 Å². The molecular weight excluding hydrogens is 368 g/mol. The number of benzene rings is 3. The van der Waals surface area contributed by atoms with E-state index in [9.17, 15) is 4.79 Å². The Morgan fingerprint density at radius 3 is 2.46 bits per heavy atom. The van der Waals surface area contributed by atoms with E-state index in [1.807, 2.05) is 66.5 Å². The van der Waals surface area contributed by atoms with Gasteiger partial charge in [0, 0.05) is 23.8 Å². The number of anilines is 1. The van der Waals surface area contributed by atoms with E-state index in [0.717, 1.165) is 16.8 Å². The zero-order valence-corrected chi connectivity index (χ0v) is 16.4. The van der Waals surface area contributed by atoms with Crippen LogP contribution in [0.2, 0.25) is 5.02 Å². The third-order valence-electron chi connectivity index (χ3n) is 6.20. The molecule has 4 heteroatoms. The van der Waals surface area contributed by atoms with Crippen LogP contribution in [-0.4, -0.2) is 13.0 Å². The highest BCUT2D eigenvalue weighted by Crippen LogP contribution is 2.57. The van der Waals surface area contributed by atoms with Crippen LogP contribution in [0.5, 0.6) is 0 Å². The van der Waals surface area contributed by atoms with Gasteiger partial charge in [0.1, 0.15) is 0 Å². The van der Waals surface area contributed by atoms with Crippen molar-refractivity contribution >= 4 is 23.2 Å². The van der Waals surface area contributed by atoms with Gasteiger partial charge in [-0.2, -0.15) is 0 Å². The van der Waals surface area contributed by atoms with Crippen molar-refractivity contribution in [3.63, 3.8) is 0 Å². The van der Waals surface area contributed by atoms with Gasteiger partial charge < -0.3 is 10.2 Å². The fourth-order valence-corrected chi connectivity index (χ4v) is 5.15. The van der Waals surface area contributed by atoms with Crippen LogP contribution in [0.15, 0.2) is 78.9 Å². The second-order valence-electron chi connectivity index (χ2n) is 7.67. The first-order chi connectivity index (χ1) is 13.6. The Morgan fingerprint density at radius 2 is 1.68 bits per heavy atom. The van der Waals surface area contributed by atoms with Crippen molar-refractivity contribution in [3.8, 4) is 0 Å². The molecule has 0 radical (unpaired) electrons. The lowest BCUT2D eigenvalue weighted by molar-refractivity contribution is -0.123. The number of fused-ring (bicyclic) bond motifs is 2. The maximum Gasteiger partial charge on any atom is 0.239 e. The highest BCUT2D eigenvalue weighted by atomic mass is 35.5. The van der Waals surface area contributed by atoms with Crippen LogP contribution in [0.25, 0.3) is 0 Å². The first-order valence-corrected chi connectivity index (χ1v) is 9.93. The second kappa shape index (κ2) is 6.47. The highest BCUT2D eigenvalue weighted by molar-refractivity contribution is 6.30. The van der Waals surface area contributed by atoms with E-state index in [1.165, 1.54) is 5.56 Å². The van der Waals surface area contributed by atoms with Gasteiger partial charge in [-0.1, -0.05) is 72.3 Å². The van der Waals surface area contributed by atoms with Gasteiger partial charge in [-0.3, -0.25) is 4.79 Å². The molecule has 3 aromatic rings. The summed E-state index contributed by atoms with van der Waals surface area (Å²) >= 11 is 6.31. The summed E-state index contributed by atoms with van der Waals surface area (Å²) in [6, 6.07) is 26.3. The molecule has 3 aromatic carbocycles. The molecule has 2 aliphatic heterocycles. The fourth-order valence-electron chi connectivity index (χ4n) is 4.95. The van der Waals surface area contributed by atoms with Crippen molar-refractivity contribution < 1.29 is 4.79 Å². The molecule has 3 atom stereocenters. The normalized spacial score (nSPS) is 26.1.